The highest BCUT2D eigenvalue weighted by Crippen LogP contribution is 2.06. The van der Waals surface area contributed by atoms with Crippen molar-refractivity contribution in [1.82, 2.24) is 10.6 Å². The summed E-state index contributed by atoms with van der Waals surface area (Å²) in [5, 5.41) is 4.89. The monoisotopic (exact) mass is 352 g/mol. The lowest BCUT2D eigenvalue weighted by atomic mass is 10.2. The summed E-state index contributed by atoms with van der Waals surface area (Å²) >= 11 is 0. The molecule has 0 aromatic heterocycles. The normalized spacial score (nSPS) is 9.15. The van der Waals surface area contributed by atoms with Crippen LogP contribution in [0.25, 0.3) is 0 Å². The van der Waals surface area contributed by atoms with Gasteiger partial charge in [-0.25, -0.2) is 8.78 Å². The van der Waals surface area contributed by atoms with Gasteiger partial charge < -0.3 is 10.6 Å². The van der Waals surface area contributed by atoms with E-state index in [-0.39, 0.29) is 24.2 Å². The Morgan fingerprint density at radius 3 is 1.50 bits per heavy atom. The zero-order valence-corrected chi connectivity index (χ0v) is 13.6. The smallest absolute Gasteiger partial charge is 0.255 e. The summed E-state index contributed by atoms with van der Waals surface area (Å²) in [5.74, 6) is 7.79. The van der Waals surface area contributed by atoms with Crippen molar-refractivity contribution in [2.75, 3.05) is 13.1 Å². The zero-order valence-electron chi connectivity index (χ0n) is 13.6. The molecule has 2 N–H and O–H groups in total. The van der Waals surface area contributed by atoms with Crippen LogP contribution in [0, 0.1) is 35.3 Å². The predicted molar refractivity (Wildman–Crippen MR) is 93.0 cm³/mol. The van der Waals surface area contributed by atoms with Gasteiger partial charge in [0.05, 0.1) is 24.2 Å². The van der Waals surface area contributed by atoms with Gasteiger partial charge in [-0.1, -0.05) is 36.1 Å². The molecule has 0 saturated carbocycles. The summed E-state index contributed by atoms with van der Waals surface area (Å²) in [6.45, 7) is 0.00681. The zero-order chi connectivity index (χ0) is 18.8. The van der Waals surface area contributed by atoms with Crippen molar-refractivity contribution < 1.29 is 18.4 Å². The molecule has 0 heterocycles. The molecule has 0 fully saturated rings. The second kappa shape index (κ2) is 9.61. The molecule has 0 bridgehead atoms. The molecule has 4 nitrogen and oxygen atoms in total. The minimum absolute atomic E-state index is 0.00341. The maximum atomic E-state index is 13.4. The molecule has 0 aliphatic rings. The molecule has 2 amide bonds. The maximum Gasteiger partial charge on any atom is 0.255 e. The number of nitrogens with one attached hydrogen (secondary N) is 2. The van der Waals surface area contributed by atoms with E-state index in [1.165, 1.54) is 36.4 Å². The first-order chi connectivity index (χ1) is 12.6. The van der Waals surface area contributed by atoms with E-state index in [9.17, 15) is 18.4 Å². The van der Waals surface area contributed by atoms with Crippen molar-refractivity contribution in [3.05, 3.63) is 71.3 Å². The Kier molecular flexibility index (Phi) is 6.91. The van der Waals surface area contributed by atoms with Gasteiger partial charge >= 0.3 is 0 Å². The number of carbonyl (C=O) groups excluding carboxylic acids is 2. The fraction of sp³-hybridized carbons (Fsp3) is 0.100. The van der Waals surface area contributed by atoms with Crippen LogP contribution in [0.5, 0.6) is 0 Å². The summed E-state index contributed by atoms with van der Waals surface area (Å²) in [5.41, 5.74) is -0.118. The summed E-state index contributed by atoms with van der Waals surface area (Å²) in [6, 6.07) is 11.2. The molecule has 0 unspecified atom stereocenters. The van der Waals surface area contributed by atoms with Crippen LogP contribution >= 0.6 is 0 Å². The molecule has 26 heavy (non-hydrogen) atoms. The number of halogens is 2. The topological polar surface area (TPSA) is 58.2 Å². The lowest BCUT2D eigenvalue weighted by Crippen LogP contribution is -2.24. The van der Waals surface area contributed by atoms with Crippen LogP contribution in [0.15, 0.2) is 48.5 Å². The Morgan fingerprint density at radius 2 is 1.12 bits per heavy atom. The summed E-state index contributed by atoms with van der Waals surface area (Å²) in [7, 11) is 0. The van der Waals surface area contributed by atoms with Gasteiger partial charge in [0, 0.05) is 0 Å². The highest BCUT2D eigenvalue weighted by molar-refractivity contribution is 5.95. The maximum absolute atomic E-state index is 13.4. The van der Waals surface area contributed by atoms with Gasteiger partial charge in [-0.05, 0) is 36.1 Å². The summed E-state index contributed by atoms with van der Waals surface area (Å²) < 4.78 is 26.8. The largest absolute Gasteiger partial charge is 0.341 e. The third kappa shape index (κ3) is 5.47. The first-order valence-corrected chi connectivity index (χ1v) is 7.61. The van der Waals surface area contributed by atoms with Crippen LogP contribution in [0.3, 0.4) is 0 Å². The van der Waals surface area contributed by atoms with Gasteiger partial charge in [0.2, 0.25) is 0 Å². The molecule has 0 saturated heterocycles. The third-order valence-corrected chi connectivity index (χ3v) is 3.15. The van der Waals surface area contributed by atoms with Gasteiger partial charge in [-0.3, -0.25) is 9.59 Å². The molecular formula is C20H14F2N2O2. The van der Waals surface area contributed by atoms with Crippen molar-refractivity contribution in [1.29, 1.82) is 0 Å². The van der Waals surface area contributed by atoms with Gasteiger partial charge in [0.1, 0.15) is 11.6 Å². The van der Waals surface area contributed by atoms with E-state index in [4.69, 9.17) is 0 Å². The van der Waals surface area contributed by atoms with E-state index in [1.807, 2.05) is 0 Å². The van der Waals surface area contributed by atoms with Crippen LogP contribution in [-0.2, 0) is 0 Å². The first-order valence-electron chi connectivity index (χ1n) is 7.61. The summed E-state index contributed by atoms with van der Waals surface area (Å²) in [4.78, 5) is 23.4. The van der Waals surface area contributed by atoms with Gasteiger partial charge in [0.15, 0.2) is 0 Å². The molecule has 2 aromatic rings. The average molecular weight is 352 g/mol. The molecule has 0 aliphatic heterocycles. The Hall–Kier alpha value is -3.64. The van der Waals surface area contributed by atoms with E-state index in [0.717, 1.165) is 0 Å². The molecule has 0 aliphatic carbocycles. The highest BCUT2D eigenvalue weighted by atomic mass is 19.1. The molecule has 0 radical (unpaired) electrons. The van der Waals surface area contributed by atoms with E-state index in [2.05, 4.69) is 34.3 Å². The number of hydrogen-bond acceptors (Lipinski definition) is 2. The molecule has 0 atom stereocenters. The average Bonchev–Trinajstić information content (AvgIpc) is 2.64. The van der Waals surface area contributed by atoms with Crippen molar-refractivity contribution in [3.8, 4) is 23.7 Å². The van der Waals surface area contributed by atoms with E-state index < -0.39 is 23.4 Å². The van der Waals surface area contributed by atoms with Gasteiger partial charge in [-0.2, -0.15) is 0 Å². The minimum atomic E-state index is -0.608. The van der Waals surface area contributed by atoms with Gasteiger partial charge in [0.25, 0.3) is 11.8 Å². The van der Waals surface area contributed by atoms with E-state index in [0.29, 0.717) is 0 Å². The molecular weight excluding hydrogens is 338 g/mol. The van der Waals surface area contributed by atoms with E-state index in [1.54, 1.807) is 12.1 Å². The highest BCUT2D eigenvalue weighted by Gasteiger charge is 2.09. The lowest BCUT2D eigenvalue weighted by molar-refractivity contribution is 0.0946. The second-order valence-corrected chi connectivity index (χ2v) is 4.93. The Bertz CT molecular complexity index is 856. The first kappa shape index (κ1) is 18.7. The van der Waals surface area contributed by atoms with Crippen molar-refractivity contribution >= 4 is 11.8 Å². The fourth-order valence-electron chi connectivity index (χ4n) is 1.91. The quantitative estimate of drug-likeness (QED) is 0.829. The number of amides is 2. The van der Waals surface area contributed by atoms with Crippen LogP contribution < -0.4 is 10.6 Å². The fourth-order valence-corrected chi connectivity index (χ4v) is 1.91. The predicted octanol–water partition coefficient (Wildman–Crippen LogP) is 2.13. The molecule has 0 spiro atoms. The molecule has 2 rings (SSSR count). The van der Waals surface area contributed by atoms with Gasteiger partial charge in [-0.15, -0.1) is 0 Å². The van der Waals surface area contributed by atoms with Crippen molar-refractivity contribution in [3.63, 3.8) is 0 Å². The SMILES string of the molecule is O=C(NCC#CC#CCNC(=O)c1ccccc1F)c1ccccc1F. The number of rotatable bonds is 4. The molecule has 2 aromatic carbocycles. The third-order valence-electron chi connectivity index (χ3n) is 3.15. The minimum Gasteiger partial charge on any atom is -0.341 e. The Labute approximate surface area is 149 Å². The standard InChI is InChI=1S/C20H14F2N2O2/c21-17-11-5-3-9-15(17)19(25)23-13-7-1-2-8-14-24-20(26)16-10-4-6-12-18(16)22/h3-6,9-12H,13-14H2,(H,23,25)(H,24,26). The van der Waals surface area contributed by atoms with E-state index >= 15 is 0 Å². The number of hydrogen-bond donors (Lipinski definition) is 2. The number of carbonyl (C=O) groups is 2. The second-order valence-electron chi connectivity index (χ2n) is 4.93. The van der Waals surface area contributed by atoms with Crippen LogP contribution in [0.4, 0.5) is 8.78 Å². The molecule has 6 heteroatoms. The Balaban J connectivity index is 1.74. The Morgan fingerprint density at radius 1 is 0.731 bits per heavy atom. The summed E-state index contributed by atoms with van der Waals surface area (Å²) in [6.07, 6.45) is 0. The van der Waals surface area contributed by atoms with Crippen molar-refractivity contribution in [2.24, 2.45) is 0 Å². The molecule has 130 valence electrons. The van der Waals surface area contributed by atoms with Crippen LogP contribution in [-0.4, -0.2) is 24.9 Å². The number of benzene rings is 2. The van der Waals surface area contributed by atoms with Crippen molar-refractivity contribution in [2.45, 2.75) is 0 Å². The van der Waals surface area contributed by atoms with Crippen LogP contribution in [0.1, 0.15) is 20.7 Å². The lowest BCUT2D eigenvalue weighted by Gasteiger charge is -2.01. The van der Waals surface area contributed by atoms with Crippen LogP contribution in [0.2, 0.25) is 0 Å².